The number of nitrogens with zero attached hydrogens (tertiary/aromatic N) is 3. The number of carbonyl (C=O) groups is 1. The normalized spacial score (nSPS) is 16.6. The van der Waals surface area contributed by atoms with E-state index in [0.717, 1.165) is 37.1 Å². The number of likely N-dealkylation sites (tertiary alicyclic amines) is 1. The average Bonchev–Trinajstić information content (AvgIpc) is 3.40. The summed E-state index contributed by atoms with van der Waals surface area (Å²) < 4.78 is 0. The SMILES string of the molecule is O=C(c1ccc(-c2ncn[nH]2)cc1)N1CCC(Cc2cccc(CO)c2)C1. The second kappa shape index (κ2) is 7.72. The molecule has 0 bridgehead atoms. The molecular weight excluding hydrogens is 340 g/mol. The number of aliphatic hydroxyl groups excluding tert-OH is 1. The lowest BCUT2D eigenvalue weighted by atomic mass is 9.97. The van der Waals surface area contributed by atoms with Crippen LogP contribution in [0, 0.1) is 5.92 Å². The smallest absolute Gasteiger partial charge is 0.253 e. The molecule has 0 aliphatic carbocycles. The highest BCUT2D eigenvalue weighted by molar-refractivity contribution is 5.94. The predicted molar refractivity (Wildman–Crippen MR) is 102 cm³/mol. The van der Waals surface area contributed by atoms with E-state index < -0.39 is 0 Å². The second-order valence-corrected chi connectivity index (χ2v) is 7.00. The molecule has 3 aromatic rings. The number of benzene rings is 2. The fraction of sp³-hybridized carbons (Fsp3) is 0.286. The van der Waals surface area contributed by atoms with Crippen molar-refractivity contribution < 1.29 is 9.90 Å². The van der Waals surface area contributed by atoms with E-state index in [2.05, 4.69) is 21.2 Å². The lowest BCUT2D eigenvalue weighted by molar-refractivity contribution is 0.0787. The molecule has 1 amide bonds. The highest BCUT2D eigenvalue weighted by Crippen LogP contribution is 2.24. The Morgan fingerprint density at radius 3 is 2.74 bits per heavy atom. The van der Waals surface area contributed by atoms with Crippen LogP contribution in [0.25, 0.3) is 11.4 Å². The maximum absolute atomic E-state index is 12.8. The molecule has 2 heterocycles. The molecule has 1 fully saturated rings. The number of hydrogen-bond donors (Lipinski definition) is 2. The van der Waals surface area contributed by atoms with Crippen LogP contribution in [0.2, 0.25) is 0 Å². The molecule has 0 radical (unpaired) electrons. The van der Waals surface area contributed by atoms with Crippen molar-refractivity contribution in [2.45, 2.75) is 19.4 Å². The van der Waals surface area contributed by atoms with Crippen molar-refractivity contribution in [1.82, 2.24) is 20.1 Å². The summed E-state index contributed by atoms with van der Waals surface area (Å²) in [5, 5.41) is 16.0. The minimum atomic E-state index is 0.0627. The van der Waals surface area contributed by atoms with E-state index in [4.69, 9.17) is 0 Å². The Balaban J connectivity index is 1.38. The third-order valence-corrected chi connectivity index (χ3v) is 5.09. The Bertz CT molecular complexity index is 906. The van der Waals surface area contributed by atoms with E-state index in [1.54, 1.807) is 0 Å². The molecule has 1 unspecified atom stereocenters. The molecule has 4 rings (SSSR count). The quantitative estimate of drug-likeness (QED) is 0.731. The lowest BCUT2D eigenvalue weighted by Crippen LogP contribution is -2.28. The topological polar surface area (TPSA) is 82.1 Å². The highest BCUT2D eigenvalue weighted by atomic mass is 16.3. The number of rotatable bonds is 5. The number of aliphatic hydroxyl groups is 1. The van der Waals surface area contributed by atoms with Gasteiger partial charge in [-0.05, 0) is 42.0 Å². The summed E-state index contributed by atoms with van der Waals surface area (Å²) in [6, 6.07) is 15.5. The first-order chi connectivity index (χ1) is 13.2. The largest absolute Gasteiger partial charge is 0.392 e. The van der Waals surface area contributed by atoms with E-state index in [1.807, 2.05) is 47.4 Å². The lowest BCUT2D eigenvalue weighted by Gasteiger charge is -2.17. The number of aromatic nitrogens is 3. The van der Waals surface area contributed by atoms with Gasteiger partial charge in [-0.2, -0.15) is 5.10 Å². The van der Waals surface area contributed by atoms with Crippen LogP contribution < -0.4 is 0 Å². The molecule has 1 saturated heterocycles. The van der Waals surface area contributed by atoms with Crippen molar-refractivity contribution in [2.24, 2.45) is 5.92 Å². The molecule has 0 saturated carbocycles. The van der Waals surface area contributed by atoms with Gasteiger partial charge in [-0.15, -0.1) is 0 Å². The summed E-state index contributed by atoms with van der Waals surface area (Å²) in [6.45, 7) is 1.62. The Kier molecular flexibility index (Phi) is 4.98. The highest BCUT2D eigenvalue weighted by Gasteiger charge is 2.27. The standard InChI is InChI=1S/C21H22N4O2/c26-13-17-3-1-2-15(11-17)10-16-8-9-25(12-16)21(27)19-6-4-18(5-7-19)20-22-14-23-24-20/h1-7,11,14,16,26H,8-10,12-13H2,(H,22,23,24). The van der Waals surface area contributed by atoms with Crippen LogP contribution in [-0.4, -0.2) is 44.2 Å². The van der Waals surface area contributed by atoms with Gasteiger partial charge >= 0.3 is 0 Å². The van der Waals surface area contributed by atoms with Crippen molar-refractivity contribution in [3.8, 4) is 11.4 Å². The first kappa shape index (κ1) is 17.4. The molecule has 6 heteroatoms. The van der Waals surface area contributed by atoms with Gasteiger partial charge in [0.2, 0.25) is 0 Å². The van der Waals surface area contributed by atoms with Crippen LogP contribution >= 0.6 is 0 Å². The number of nitrogens with one attached hydrogen (secondary N) is 1. The van der Waals surface area contributed by atoms with Crippen LogP contribution in [0.4, 0.5) is 0 Å². The fourth-order valence-electron chi connectivity index (χ4n) is 3.67. The van der Waals surface area contributed by atoms with Gasteiger partial charge in [0.1, 0.15) is 6.33 Å². The molecule has 27 heavy (non-hydrogen) atoms. The molecule has 1 aliphatic heterocycles. The zero-order valence-electron chi connectivity index (χ0n) is 15.0. The Morgan fingerprint density at radius 1 is 1.19 bits per heavy atom. The van der Waals surface area contributed by atoms with Gasteiger partial charge in [0, 0.05) is 24.2 Å². The minimum absolute atomic E-state index is 0.0627. The first-order valence-electron chi connectivity index (χ1n) is 9.16. The van der Waals surface area contributed by atoms with Gasteiger partial charge in [0.25, 0.3) is 5.91 Å². The summed E-state index contributed by atoms with van der Waals surface area (Å²) in [5.74, 6) is 1.22. The van der Waals surface area contributed by atoms with E-state index in [1.165, 1.54) is 11.9 Å². The molecule has 2 aromatic carbocycles. The van der Waals surface area contributed by atoms with Crippen molar-refractivity contribution in [3.63, 3.8) is 0 Å². The number of aromatic amines is 1. The molecule has 6 nitrogen and oxygen atoms in total. The van der Waals surface area contributed by atoms with Crippen molar-refractivity contribution in [3.05, 3.63) is 71.5 Å². The summed E-state index contributed by atoms with van der Waals surface area (Å²) >= 11 is 0. The minimum Gasteiger partial charge on any atom is -0.392 e. The van der Waals surface area contributed by atoms with Crippen LogP contribution in [0.1, 0.15) is 27.9 Å². The zero-order chi connectivity index (χ0) is 18.6. The third-order valence-electron chi connectivity index (χ3n) is 5.09. The summed E-state index contributed by atoms with van der Waals surface area (Å²) in [5.41, 5.74) is 3.76. The van der Waals surface area contributed by atoms with Crippen molar-refractivity contribution in [1.29, 1.82) is 0 Å². The fourth-order valence-corrected chi connectivity index (χ4v) is 3.67. The average molecular weight is 362 g/mol. The monoisotopic (exact) mass is 362 g/mol. The van der Waals surface area contributed by atoms with Gasteiger partial charge < -0.3 is 10.0 Å². The van der Waals surface area contributed by atoms with E-state index >= 15 is 0 Å². The van der Waals surface area contributed by atoms with E-state index in [9.17, 15) is 9.90 Å². The van der Waals surface area contributed by atoms with Gasteiger partial charge in [-0.1, -0.05) is 36.4 Å². The molecular formula is C21H22N4O2. The van der Waals surface area contributed by atoms with Gasteiger partial charge in [0.15, 0.2) is 5.82 Å². The zero-order valence-corrected chi connectivity index (χ0v) is 15.0. The Morgan fingerprint density at radius 2 is 2.00 bits per heavy atom. The maximum Gasteiger partial charge on any atom is 0.253 e. The second-order valence-electron chi connectivity index (χ2n) is 7.00. The molecule has 2 N–H and O–H groups in total. The van der Waals surface area contributed by atoms with Crippen LogP contribution in [0.3, 0.4) is 0 Å². The number of H-pyrrole nitrogens is 1. The van der Waals surface area contributed by atoms with Gasteiger partial charge in [-0.3, -0.25) is 9.89 Å². The van der Waals surface area contributed by atoms with Crippen LogP contribution in [0.5, 0.6) is 0 Å². The van der Waals surface area contributed by atoms with Crippen LogP contribution in [0.15, 0.2) is 54.9 Å². The van der Waals surface area contributed by atoms with Crippen LogP contribution in [-0.2, 0) is 13.0 Å². The van der Waals surface area contributed by atoms with E-state index in [0.29, 0.717) is 17.3 Å². The van der Waals surface area contributed by atoms with Gasteiger partial charge in [0.05, 0.1) is 6.61 Å². The molecule has 0 spiro atoms. The molecule has 1 atom stereocenters. The number of amides is 1. The Hall–Kier alpha value is -2.99. The summed E-state index contributed by atoms with van der Waals surface area (Å²) in [6.07, 6.45) is 3.41. The molecule has 1 aliphatic rings. The first-order valence-corrected chi connectivity index (χ1v) is 9.16. The number of carbonyl (C=O) groups excluding carboxylic acids is 1. The molecule has 1 aromatic heterocycles. The summed E-state index contributed by atoms with van der Waals surface area (Å²) in [4.78, 5) is 18.9. The summed E-state index contributed by atoms with van der Waals surface area (Å²) in [7, 11) is 0. The maximum atomic E-state index is 12.8. The van der Waals surface area contributed by atoms with Crippen molar-refractivity contribution in [2.75, 3.05) is 13.1 Å². The third kappa shape index (κ3) is 3.90. The predicted octanol–water partition coefficient (Wildman–Crippen LogP) is 2.67. The van der Waals surface area contributed by atoms with Crippen molar-refractivity contribution >= 4 is 5.91 Å². The Labute approximate surface area is 157 Å². The van der Waals surface area contributed by atoms with Gasteiger partial charge in [-0.25, -0.2) is 4.98 Å². The number of hydrogen-bond acceptors (Lipinski definition) is 4. The van der Waals surface area contributed by atoms with E-state index in [-0.39, 0.29) is 12.5 Å². The molecule has 138 valence electrons.